The number of carboxylic acids is 1. The van der Waals surface area contributed by atoms with E-state index >= 15 is 0 Å². The fourth-order valence-electron chi connectivity index (χ4n) is 3.69. The average Bonchev–Trinajstić information content (AvgIpc) is 2.69. The zero-order valence-electron chi connectivity index (χ0n) is 15.3. The second-order valence-electron chi connectivity index (χ2n) is 7.31. The van der Waals surface area contributed by atoms with Crippen LogP contribution in [0.1, 0.15) is 50.5 Å². The van der Waals surface area contributed by atoms with Crippen molar-refractivity contribution in [1.29, 1.82) is 0 Å². The quantitative estimate of drug-likeness (QED) is 0.801. The normalized spacial score (nSPS) is 19.3. The molecule has 1 fully saturated rings. The van der Waals surface area contributed by atoms with Crippen LogP contribution in [0, 0.1) is 5.41 Å². The first kappa shape index (κ1) is 19.1. The lowest BCUT2D eigenvalue weighted by Gasteiger charge is -2.33. The maximum absolute atomic E-state index is 12.5. The van der Waals surface area contributed by atoms with Crippen molar-refractivity contribution in [3.05, 3.63) is 35.9 Å². The fraction of sp³-hybridized carbons (Fsp3) is 0.500. The first-order valence-corrected chi connectivity index (χ1v) is 9.43. The van der Waals surface area contributed by atoms with Gasteiger partial charge in [-0.05, 0) is 18.4 Å². The largest absolute Gasteiger partial charge is 0.481 e. The van der Waals surface area contributed by atoms with Crippen LogP contribution in [0.25, 0.3) is 0 Å². The zero-order chi connectivity index (χ0) is 19.3. The lowest BCUT2D eigenvalue weighted by atomic mass is 9.74. The molecule has 3 rings (SSSR count). The molecule has 0 spiro atoms. The van der Waals surface area contributed by atoms with Gasteiger partial charge in [0.05, 0.1) is 12.0 Å². The number of carboxylic acid groups (broad SMARTS) is 1. The summed E-state index contributed by atoms with van der Waals surface area (Å²) >= 11 is 0. The molecular formula is C20H25N3O4. The SMILES string of the molecule is O=C(NCC1(C(=O)O)CCCCC1)C1=NN(Cc2ccccc2)C(=O)CC1. The molecule has 0 bridgehead atoms. The van der Waals surface area contributed by atoms with Crippen LogP contribution in [0.15, 0.2) is 35.4 Å². The molecular weight excluding hydrogens is 346 g/mol. The van der Waals surface area contributed by atoms with E-state index in [9.17, 15) is 19.5 Å². The van der Waals surface area contributed by atoms with E-state index in [-0.39, 0.29) is 36.9 Å². The Morgan fingerprint density at radius 1 is 1.11 bits per heavy atom. The number of carbonyl (C=O) groups excluding carboxylic acids is 2. The molecule has 2 amide bonds. The Bertz CT molecular complexity index is 739. The number of hydrogen-bond donors (Lipinski definition) is 2. The summed E-state index contributed by atoms with van der Waals surface area (Å²) in [4.78, 5) is 36.4. The third kappa shape index (κ3) is 4.53. The third-order valence-electron chi connectivity index (χ3n) is 5.39. The average molecular weight is 371 g/mol. The van der Waals surface area contributed by atoms with Crippen molar-refractivity contribution >= 4 is 23.5 Å². The Morgan fingerprint density at radius 3 is 2.48 bits per heavy atom. The van der Waals surface area contributed by atoms with Crippen molar-refractivity contribution in [2.45, 2.75) is 51.5 Å². The van der Waals surface area contributed by atoms with Crippen LogP contribution < -0.4 is 5.32 Å². The second kappa shape index (κ2) is 8.33. The number of hydrazone groups is 1. The van der Waals surface area contributed by atoms with Gasteiger partial charge in [-0.3, -0.25) is 14.4 Å². The Kier molecular flexibility index (Phi) is 5.88. The third-order valence-corrected chi connectivity index (χ3v) is 5.39. The maximum atomic E-state index is 12.5. The first-order chi connectivity index (χ1) is 13.0. The molecule has 0 radical (unpaired) electrons. The van der Waals surface area contributed by atoms with Gasteiger partial charge in [-0.1, -0.05) is 49.6 Å². The number of rotatable bonds is 6. The molecule has 1 aromatic rings. The molecule has 0 unspecified atom stereocenters. The topological polar surface area (TPSA) is 99.1 Å². The molecule has 7 heteroatoms. The van der Waals surface area contributed by atoms with Gasteiger partial charge in [0.1, 0.15) is 5.71 Å². The molecule has 7 nitrogen and oxygen atoms in total. The lowest BCUT2D eigenvalue weighted by molar-refractivity contribution is -0.150. The molecule has 27 heavy (non-hydrogen) atoms. The van der Waals surface area contributed by atoms with Crippen LogP contribution in [-0.4, -0.2) is 40.2 Å². The highest BCUT2D eigenvalue weighted by Crippen LogP contribution is 2.36. The highest BCUT2D eigenvalue weighted by Gasteiger charge is 2.40. The van der Waals surface area contributed by atoms with Crippen molar-refractivity contribution in [2.24, 2.45) is 10.5 Å². The number of amides is 2. The summed E-state index contributed by atoms with van der Waals surface area (Å²) in [6.07, 6.45) is 4.41. The van der Waals surface area contributed by atoms with Gasteiger partial charge < -0.3 is 10.4 Å². The van der Waals surface area contributed by atoms with Crippen LogP contribution in [0.5, 0.6) is 0 Å². The Hall–Kier alpha value is -2.70. The Labute approximate surface area is 158 Å². The van der Waals surface area contributed by atoms with Crippen LogP contribution in [0.2, 0.25) is 0 Å². The molecule has 0 aromatic heterocycles. The highest BCUT2D eigenvalue weighted by molar-refractivity contribution is 6.39. The van der Waals surface area contributed by atoms with Crippen molar-refractivity contribution < 1.29 is 19.5 Å². The fourth-order valence-corrected chi connectivity index (χ4v) is 3.69. The van der Waals surface area contributed by atoms with E-state index in [0.717, 1.165) is 24.8 Å². The van der Waals surface area contributed by atoms with E-state index in [1.165, 1.54) is 5.01 Å². The number of hydrogen-bond acceptors (Lipinski definition) is 4. The van der Waals surface area contributed by atoms with Crippen LogP contribution in [0.4, 0.5) is 0 Å². The smallest absolute Gasteiger partial charge is 0.311 e. The standard InChI is InChI=1S/C20H25N3O4/c24-17-10-9-16(22-23(17)13-15-7-3-1-4-8-15)18(25)21-14-20(19(26)27)11-5-2-6-12-20/h1,3-4,7-8H,2,5-6,9-14H2,(H,21,25)(H,26,27). The zero-order valence-corrected chi connectivity index (χ0v) is 15.3. The minimum Gasteiger partial charge on any atom is -0.481 e. The molecule has 2 N–H and O–H groups in total. The van der Waals surface area contributed by atoms with Gasteiger partial charge in [0.2, 0.25) is 5.91 Å². The van der Waals surface area contributed by atoms with Gasteiger partial charge in [0, 0.05) is 19.4 Å². The van der Waals surface area contributed by atoms with E-state index in [0.29, 0.717) is 19.4 Å². The Balaban J connectivity index is 1.65. The van der Waals surface area contributed by atoms with Crippen LogP contribution in [0.3, 0.4) is 0 Å². The minimum absolute atomic E-state index is 0.104. The molecule has 2 aliphatic rings. The first-order valence-electron chi connectivity index (χ1n) is 9.43. The minimum atomic E-state index is -0.886. The number of nitrogens with one attached hydrogen (secondary N) is 1. The molecule has 1 aliphatic carbocycles. The van der Waals surface area contributed by atoms with E-state index in [4.69, 9.17) is 0 Å². The number of carbonyl (C=O) groups is 3. The summed E-state index contributed by atoms with van der Waals surface area (Å²) in [7, 11) is 0. The van der Waals surface area contributed by atoms with Gasteiger partial charge in [-0.25, -0.2) is 5.01 Å². The van der Waals surface area contributed by atoms with Crippen molar-refractivity contribution in [3.63, 3.8) is 0 Å². The summed E-state index contributed by atoms with van der Waals surface area (Å²) in [5, 5.41) is 17.9. The van der Waals surface area contributed by atoms with Gasteiger partial charge in [0.25, 0.3) is 5.91 Å². The number of benzene rings is 1. The van der Waals surface area contributed by atoms with Crippen LogP contribution >= 0.6 is 0 Å². The monoisotopic (exact) mass is 371 g/mol. The van der Waals surface area contributed by atoms with Gasteiger partial charge in [-0.15, -0.1) is 0 Å². The van der Waals surface area contributed by atoms with E-state index in [2.05, 4.69) is 10.4 Å². The van der Waals surface area contributed by atoms with Crippen molar-refractivity contribution in [2.75, 3.05) is 6.54 Å². The predicted molar refractivity (Wildman–Crippen MR) is 99.8 cm³/mol. The molecule has 1 heterocycles. The molecule has 0 saturated heterocycles. The summed E-state index contributed by atoms with van der Waals surface area (Å²) in [5.74, 6) is -1.36. The van der Waals surface area contributed by atoms with Crippen molar-refractivity contribution in [1.82, 2.24) is 10.3 Å². The molecule has 1 aliphatic heterocycles. The van der Waals surface area contributed by atoms with E-state index in [1.54, 1.807) is 0 Å². The second-order valence-corrected chi connectivity index (χ2v) is 7.31. The number of nitrogens with zero attached hydrogens (tertiary/aromatic N) is 2. The van der Waals surface area contributed by atoms with E-state index in [1.807, 2.05) is 30.3 Å². The summed E-state index contributed by atoms with van der Waals surface area (Å²) in [6, 6.07) is 9.47. The van der Waals surface area contributed by atoms with Gasteiger partial charge in [0.15, 0.2) is 0 Å². The summed E-state index contributed by atoms with van der Waals surface area (Å²) < 4.78 is 0. The van der Waals surface area contributed by atoms with Crippen molar-refractivity contribution in [3.8, 4) is 0 Å². The molecule has 144 valence electrons. The predicted octanol–water partition coefficient (Wildman–Crippen LogP) is 2.32. The Morgan fingerprint density at radius 2 is 1.81 bits per heavy atom. The molecule has 1 saturated carbocycles. The summed E-state index contributed by atoms with van der Waals surface area (Å²) in [5.41, 5.74) is 0.327. The highest BCUT2D eigenvalue weighted by atomic mass is 16.4. The van der Waals surface area contributed by atoms with Crippen LogP contribution in [-0.2, 0) is 20.9 Å². The molecule has 1 aromatic carbocycles. The van der Waals surface area contributed by atoms with Gasteiger partial charge >= 0.3 is 5.97 Å². The van der Waals surface area contributed by atoms with E-state index < -0.39 is 11.4 Å². The molecule has 0 atom stereocenters. The lowest BCUT2D eigenvalue weighted by Crippen LogP contribution is -2.47. The number of aliphatic carboxylic acids is 1. The maximum Gasteiger partial charge on any atom is 0.311 e. The summed E-state index contributed by atoms with van der Waals surface area (Å²) in [6.45, 7) is 0.419. The van der Waals surface area contributed by atoms with Gasteiger partial charge in [-0.2, -0.15) is 5.10 Å².